The number of benzene rings is 2. The number of nitrogens with one attached hydrogen (secondary N) is 1. The number of hydrogen-bond acceptors (Lipinski definition) is 3. The van der Waals surface area contributed by atoms with Gasteiger partial charge in [-0.2, -0.15) is 0 Å². The van der Waals surface area contributed by atoms with Gasteiger partial charge in [0.25, 0.3) is 0 Å². The number of imidazole rings is 1. The minimum atomic E-state index is -0.0141. The van der Waals surface area contributed by atoms with E-state index < -0.39 is 0 Å². The highest BCUT2D eigenvalue weighted by Crippen LogP contribution is 2.25. The lowest BCUT2D eigenvalue weighted by atomic mass is 9.85. The minimum Gasteiger partial charge on any atom is -0.494 e. The van der Waals surface area contributed by atoms with Crippen LogP contribution in [-0.4, -0.2) is 22.8 Å². The molecular formula is C22H29N3O. The van der Waals surface area contributed by atoms with Gasteiger partial charge in [-0.25, -0.2) is 9.66 Å². The van der Waals surface area contributed by atoms with Crippen molar-refractivity contribution in [2.75, 3.05) is 18.6 Å². The maximum atomic E-state index is 5.77. The highest BCUT2D eigenvalue weighted by atomic mass is 16.5. The Bertz CT molecular complexity index is 849. The van der Waals surface area contributed by atoms with E-state index in [2.05, 4.69) is 66.2 Å². The topological polar surface area (TPSA) is 39.1 Å². The van der Waals surface area contributed by atoms with Gasteiger partial charge in [0, 0.05) is 12.0 Å². The second-order valence-electron chi connectivity index (χ2n) is 7.43. The third-order valence-electron chi connectivity index (χ3n) is 4.81. The van der Waals surface area contributed by atoms with Gasteiger partial charge < -0.3 is 10.2 Å². The lowest BCUT2D eigenvalue weighted by Gasteiger charge is -2.27. The average Bonchev–Trinajstić information content (AvgIpc) is 2.96. The molecule has 0 saturated heterocycles. The monoisotopic (exact) mass is 351 g/mol. The standard InChI is InChI=1S/C22H29N3O/c1-5-6-15-26-19-13-11-18(12-14-19)22(3,4)16-23-25-17(2)24-20-9-7-8-10-21(20)25/h7-14,23H,5-6,15-16H2,1-4H3. The van der Waals surface area contributed by atoms with Crippen LogP contribution in [0.25, 0.3) is 11.0 Å². The molecule has 0 saturated carbocycles. The van der Waals surface area contributed by atoms with Gasteiger partial charge in [-0.3, -0.25) is 0 Å². The van der Waals surface area contributed by atoms with E-state index in [-0.39, 0.29) is 5.41 Å². The number of unbranched alkanes of at least 4 members (excludes halogenated alkanes) is 1. The third kappa shape index (κ3) is 4.01. The van der Waals surface area contributed by atoms with E-state index in [1.54, 1.807) is 0 Å². The summed E-state index contributed by atoms with van der Waals surface area (Å²) in [6, 6.07) is 16.7. The molecule has 0 spiro atoms. The molecule has 3 aromatic rings. The number of aromatic nitrogens is 2. The van der Waals surface area contributed by atoms with E-state index in [1.807, 2.05) is 25.1 Å². The highest BCUT2D eigenvalue weighted by Gasteiger charge is 2.21. The molecule has 2 aromatic carbocycles. The van der Waals surface area contributed by atoms with Gasteiger partial charge in [0.1, 0.15) is 11.6 Å². The fourth-order valence-corrected chi connectivity index (χ4v) is 3.06. The summed E-state index contributed by atoms with van der Waals surface area (Å²) >= 11 is 0. The molecule has 0 unspecified atom stereocenters. The van der Waals surface area contributed by atoms with E-state index in [0.29, 0.717) is 0 Å². The van der Waals surface area contributed by atoms with Crippen molar-refractivity contribution in [1.82, 2.24) is 9.66 Å². The summed E-state index contributed by atoms with van der Waals surface area (Å²) in [5.41, 5.74) is 6.96. The van der Waals surface area contributed by atoms with E-state index in [0.717, 1.165) is 48.6 Å². The summed E-state index contributed by atoms with van der Waals surface area (Å²) in [6.07, 6.45) is 2.24. The Morgan fingerprint density at radius 3 is 2.54 bits per heavy atom. The Labute approximate surface area is 156 Å². The van der Waals surface area contributed by atoms with Gasteiger partial charge in [-0.05, 0) is 43.2 Å². The molecule has 4 nitrogen and oxygen atoms in total. The van der Waals surface area contributed by atoms with Crippen LogP contribution >= 0.6 is 0 Å². The van der Waals surface area contributed by atoms with Gasteiger partial charge in [0.15, 0.2) is 0 Å². The Balaban J connectivity index is 1.69. The summed E-state index contributed by atoms with van der Waals surface area (Å²) in [4.78, 5) is 4.62. The number of rotatable bonds is 8. The van der Waals surface area contributed by atoms with Gasteiger partial charge in [-0.15, -0.1) is 0 Å². The SMILES string of the molecule is CCCCOc1ccc(C(C)(C)CNn2c(C)nc3ccccc32)cc1. The first-order valence-electron chi connectivity index (χ1n) is 9.42. The molecule has 0 atom stereocenters. The smallest absolute Gasteiger partial charge is 0.125 e. The fraction of sp³-hybridized carbons (Fsp3) is 0.409. The largest absolute Gasteiger partial charge is 0.494 e. The zero-order chi connectivity index (χ0) is 18.6. The molecular weight excluding hydrogens is 322 g/mol. The van der Waals surface area contributed by atoms with Crippen LogP contribution in [0, 0.1) is 6.92 Å². The molecule has 0 amide bonds. The highest BCUT2D eigenvalue weighted by molar-refractivity contribution is 5.76. The van der Waals surface area contributed by atoms with Crippen molar-refractivity contribution < 1.29 is 4.74 Å². The first-order valence-corrected chi connectivity index (χ1v) is 9.42. The molecule has 1 aromatic heterocycles. The van der Waals surface area contributed by atoms with Crippen molar-refractivity contribution in [2.24, 2.45) is 0 Å². The Hall–Kier alpha value is -2.49. The van der Waals surface area contributed by atoms with Crippen molar-refractivity contribution in [3.63, 3.8) is 0 Å². The number of para-hydroxylation sites is 2. The van der Waals surface area contributed by atoms with Crippen LogP contribution in [0.15, 0.2) is 48.5 Å². The van der Waals surface area contributed by atoms with E-state index in [1.165, 1.54) is 5.56 Å². The van der Waals surface area contributed by atoms with Gasteiger partial charge in [0.2, 0.25) is 0 Å². The average molecular weight is 351 g/mol. The van der Waals surface area contributed by atoms with E-state index in [9.17, 15) is 0 Å². The van der Waals surface area contributed by atoms with Crippen molar-refractivity contribution in [3.05, 3.63) is 59.9 Å². The van der Waals surface area contributed by atoms with Crippen LogP contribution < -0.4 is 10.2 Å². The number of fused-ring (bicyclic) bond motifs is 1. The zero-order valence-corrected chi connectivity index (χ0v) is 16.2. The molecule has 4 heteroatoms. The van der Waals surface area contributed by atoms with Crippen LogP contribution in [0.5, 0.6) is 5.75 Å². The molecule has 138 valence electrons. The number of aryl methyl sites for hydroxylation is 1. The molecule has 0 bridgehead atoms. The second-order valence-corrected chi connectivity index (χ2v) is 7.43. The summed E-state index contributed by atoms with van der Waals surface area (Å²) in [7, 11) is 0. The maximum Gasteiger partial charge on any atom is 0.125 e. The maximum absolute atomic E-state index is 5.77. The number of nitrogens with zero attached hydrogens (tertiary/aromatic N) is 2. The summed E-state index contributed by atoms with van der Waals surface area (Å²) < 4.78 is 7.85. The van der Waals surface area contributed by atoms with Crippen LogP contribution in [-0.2, 0) is 5.41 Å². The summed E-state index contributed by atoms with van der Waals surface area (Å²) in [5, 5.41) is 0. The first kappa shape index (κ1) is 18.3. The van der Waals surface area contributed by atoms with Crippen LogP contribution in [0.4, 0.5) is 0 Å². The molecule has 0 aliphatic carbocycles. The predicted molar refractivity (Wildman–Crippen MR) is 109 cm³/mol. The van der Waals surface area contributed by atoms with Crippen LogP contribution in [0.3, 0.4) is 0 Å². The van der Waals surface area contributed by atoms with Gasteiger partial charge in [0.05, 0.1) is 17.6 Å². The second kappa shape index (κ2) is 7.81. The van der Waals surface area contributed by atoms with Crippen molar-refractivity contribution in [3.8, 4) is 5.75 Å². The van der Waals surface area contributed by atoms with Crippen molar-refractivity contribution in [2.45, 2.75) is 46.0 Å². The summed E-state index contributed by atoms with van der Waals surface area (Å²) in [5.74, 6) is 1.92. The molecule has 0 radical (unpaired) electrons. The Kier molecular flexibility index (Phi) is 5.50. The number of hydrogen-bond donors (Lipinski definition) is 1. The van der Waals surface area contributed by atoms with Crippen molar-refractivity contribution in [1.29, 1.82) is 0 Å². The van der Waals surface area contributed by atoms with E-state index in [4.69, 9.17) is 4.74 Å². The molecule has 0 fully saturated rings. The zero-order valence-electron chi connectivity index (χ0n) is 16.2. The molecule has 1 N–H and O–H groups in total. The normalized spacial score (nSPS) is 11.7. The third-order valence-corrected chi connectivity index (χ3v) is 4.81. The fourth-order valence-electron chi connectivity index (χ4n) is 3.06. The number of ether oxygens (including phenoxy) is 1. The van der Waals surface area contributed by atoms with E-state index >= 15 is 0 Å². The Morgan fingerprint density at radius 1 is 1.08 bits per heavy atom. The molecule has 26 heavy (non-hydrogen) atoms. The lowest BCUT2D eigenvalue weighted by Crippen LogP contribution is -2.32. The molecule has 0 aliphatic heterocycles. The van der Waals surface area contributed by atoms with Gasteiger partial charge in [-0.1, -0.05) is 51.5 Å². The Morgan fingerprint density at radius 2 is 1.81 bits per heavy atom. The molecule has 1 heterocycles. The predicted octanol–water partition coefficient (Wildman–Crippen LogP) is 5.04. The quantitative estimate of drug-likeness (QED) is 0.578. The molecule has 0 aliphatic rings. The lowest BCUT2D eigenvalue weighted by molar-refractivity contribution is 0.309. The van der Waals surface area contributed by atoms with Crippen LogP contribution in [0.1, 0.15) is 45.0 Å². The van der Waals surface area contributed by atoms with Crippen LogP contribution in [0.2, 0.25) is 0 Å². The molecule has 3 rings (SSSR count). The van der Waals surface area contributed by atoms with Crippen molar-refractivity contribution >= 4 is 11.0 Å². The summed E-state index contributed by atoms with van der Waals surface area (Å²) in [6.45, 7) is 10.3. The van der Waals surface area contributed by atoms with Gasteiger partial charge >= 0.3 is 0 Å². The first-order chi connectivity index (χ1) is 12.5. The minimum absolute atomic E-state index is 0.0141.